The van der Waals surface area contributed by atoms with Gasteiger partial charge in [0.15, 0.2) is 11.0 Å². The number of allylic oxidation sites excluding steroid dienone is 1. The first-order valence-electron chi connectivity index (χ1n) is 9.15. The molecule has 154 valence electrons. The molecule has 9 heteroatoms. The Morgan fingerprint density at radius 3 is 2.97 bits per heavy atom. The van der Waals surface area contributed by atoms with Gasteiger partial charge in [0.2, 0.25) is 5.91 Å². The first kappa shape index (κ1) is 21.6. The molecule has 3 rings (SSSR count). The molecule has 0 atom stereocenters. The van der Waals surface area contributed by atoms with Crippen LogP contribution >= 0.6 is 23.1 Å². The SMILES string of the molecule is C=CCn1c(COc2ccc(C)cc2C)nnc1SCC(=O)Nc1sccc1C#N. The number of rotatable bonds is 9. The van der Waals surface area contributed by atoms with Crippen LogP contribution in [0.5, 0.6) is 5.75 Å². The van der Waals surface area contributed by atoms with Crippen LogP contribution in [0.1, 0.15) is 22.5 Å². The summed E-state index contributed by atoms with van der Waals surface area (Å²) in [5.41, 5.74) is 2.69. The number of anilines is 1. The fourth-order valence-electron chi connectivity index (χ4n) is 2.74. The van der Waals surface area contributed by atoms with Gasteiger partial charge in [0.25, 0.3) is 0 Å². The molecule has 0 unspecified atom stereocenters. The highest BCUT2D eigenvalue weighted by molar-refractivity contribution is 7.99. The van der Waals surface area contributed by atoms with E-state index in [-0.39, 0.29) is 18.3 Å². The van der Waals surface area contributed by atoms with Gasteiger partial charge in [-0.05, 0) is 36.9 Å². The van der Waals surface area contributed by atoms with Crippen molar-refractivity contribution < 1.29 is 9.53 Å². The second kappa shape index (κ2) is 10.1. The third kappa shape index (κ3) is 5.28. The highest BCUT2D eigenvalue weighted by Crippen LogP contribution is 2.24. The van der Waals surface area contributed by atoms with Crippen LogP contribution in [0.3, 0.4) is 0 Å². The Bertz CT molecular complexity index is 1100. The lowest BCUT2D eigenvalue weighted by Gasteiger charge is -2.11. The van der Waals surface area contributed by atoms with Gasteiger partial charge in [0.05, 0.1) is 11.3 Å². The Kier molecular flexibility index (Phi) is 7.27. The van der Waals surface area contributed by atoms with Crippen LogP contribution in [0, 0.1) is 25.2 Å². The van der Waals surface area contributed by atoms with Crippen molar-refractivity contribution in [3.05, 3.63) is 64.8 Å². The largest absolute Gasteiger partial charge is 0.485 e. The van der Waals surface area contributed by atoms with E-state index in [0.717, 1.165) is 11.3 Å². The summed E-state index contributed by atoms with van der Waals surface area (Å²) in [6.45, 7) is 8.60. The maximum absolute atomic E-state index is 12.3. The van der Waals surface area contributed by atoms with Gasteiger partial charge in [0.1, 0.15) is 23.4 Å². The summed E-state index contributed by atoms with van der Waals surface area (Å²) in [7, 11) is 0. The Morgan fingerprint density at radius 2 is 2.23 bits per heavy atom. The smallest absolute Gasteiger partial charge is 0.235 e. The predicted octanol–water partition coefficient (Wildman–Crippen LogP) is 4.32. The van der Waals surface area contributed by atoms with E-state index in [1.165, 1.54) is 28.7 Å². The quantitative estimate of drug-likeness (QED) is 0.394. The number of ether oxygens (including phenoxy) is 1. The van der Waals surface area contributed by atoms with Crippen molar-refractivity contribution in [1.82, 2.24) is 14.8 Å². The standard InChI is InChI=1S/C21H21N5O2S2/c1-4-8-26-18(12-28-17-6-5-14(2)10-15(17)3)24-25-21(26)30-13-19(27)23-20-16(11-22)7-9-29-20/h4-7,9-10H,1,8,12-13H2,2-3H3,(H,23,27). The van der Waals surface area contributed by atoms with Crippen molar-refractivity contribution in [3.8, 4) is 11.8 Å². The van der Waals surface area contributed by atoms with E-state index in [1.807, 2.05) is 30.5 Å². The lowest BCUT2D eigenvalue weighted by Crippen LogP contribution is -2.14. The summed E-state index contributed by atoms with van der Waals surface area (Å²) in [5.74, 6) is 1.39. The van der Waals surface area contributed by atoms with Gasteiger partial charge in [-0.3, -0.25) is 9.36 Å². The average Bonchev–Trinajstić information content (AvgIpc) is 3.32. The number of amides is 1. The van der Waals surface area contributed by atoms with E-state index in [2.05, 4.69) is 34.2 Å². The van der Waals surface area contributed by atoms with Crippen molar-refractivity contribution in [1.29, 1.82) is 5.26 Å². The average molecular weight is 440 g/mol. The monoisotopic (exact) mass is 439 g/mol. The summed E-state index contributed by atoms with van der Waals surface area (Å²) in [6, 6.07) is 9.74. The van der Waals surface area contributed by atoms with E-state index < -0.39 is 0 Å². The maximum Gasteiger partial charge on any atom is 0.235 e. The lowest BCUT2D eigenvalue weighted by molar-refractivity contribution is -0.113. The molecule has 0 bridgehead atoms. The first-order chi connectivity index (χ1) is 14.5. The second-order valence-corrected chi connectivity index (χ2v) is 8.33. The third-order valence-electron chi connectivity index (χ3n) is 4.16. The van der Waals surface area contributed by atoms with Crippen LogP contribution in [0.15, 0.2) is 47.5 Å². The summed E-state index contributed by atoms with van der Waals surface area (Å²) in [4.78, 5) is 12.3. The van der Waals surface area contributed by atoms with Crippen LogP contribution < -0.4 is 10.1 Å². The van der Waals surface area contributed by atoms with Crippen LogP contribution in [-0.4, -0.2) is 26.4 Å². The Morgan fingerprint density at radius 1 is 1.40 bits per heavy atom. The molecule has 0 saturated heterocycles. The maximum atomic E-state index is 12.3. The molecular formula is C21H21N5O2S2. The molecule has 0 aliphatic rings. The van der Waals surface area contributed by atoms with Crippen LogP contribution in [-0.2, 0) is 17.9 Å². The van der Waals surface area contributed by atoms with Crippen molar-refractivity contribution in [3.63, 3.8) is 0 Å². The number of nitrogens with one attached hydrogen (secondary N) is 1. The fraction of sp³-hybridized carbons (Fsp3) is 0.238. The van der Waals surface area contributed by atoms with Gasteiger partial charge in [-0.15, -0.1) is 28.1 Å². The number of nitrogens with zero attached hydrogens (tertiary/aromatic N) is 4. The Hall–Kier alpha value is -3.09. The van der Waals surface area contributed by atoms with Gasteiger partial charge in [-0.1, -0.05) is 35.5 Å². The summed E-state index contributed by atoms with van der Waals surface area (Å²) in [5, 5.41) is 23.2. The third-order valence-corrected chi connectivity index (χ3v) is 5.96. The Labute approximate surface area is 183 Å². The molecule has 0 radical (unpaired) electrons. The molecule has 30 heavy (non-hydrogen) atoms. The van der Waals surface area contributed by atoms with Gasteiger partial charge in [-0.2, -0.15) is 5.26 Å². The Balaban J connectivity index is 1.64. The number of thiophene rings is 1. The van der Waals surface area contributed by atoms with E-state index in [9.17, 15) is 4.79 Å². The number of aromatic nitrogens is 3. The zero-order chi connectivity index (χ0) is 21.5. The molecule has 0 saturated carbocycles. The number of carbonyl (C=O) groups excluding carboxylic acids is 1. The molecule has 3 aromatic rings. The first-order valence-corrected chi connectivity index (χ1v) is 11.0. The van der Waals surface area contributed by atoms with E-state index in [4.69, 9.17) is 10.00 Å². The molecule has 1 N–H and O–H groups in total. The van der Waals surface area contributed by atoms with Crippen molar-refractivity contribution in [2.75, 3.05) is 11.1 Å². The number of nitriles is 1. The molecule has 0 aliphatic carbocycles. The zero-order valence-corrected chi connectivity index (χ0v) is 18.3. The highest BCUT2D eigenvalue weighted by atomic mass is 32.2. The fourth-order valence-corrected chi connectivity index (χ4v) is 4.26. The molecule has 1 amide bonds. The van der Waals surface area contributed by atoms with Gasteiger partial charge in [-0.25, -0.2) is 0 Å². The van der Waals surface area contributed by atoms with Crippen LogP contribution in [0.2, 0.25) is 0 Å². The molecule has 0 fully saturated rings. The zero-order valence-electron chi connectivity index (χ0n) is 16.7. The highest BCUT2D eigenvalue weighted by Gasteiger charge is 2.15. The number of carbonyl (C=O) groups is 1. The minimum atomic E-state index is -0.208. The van der Waals surface area contributed by atoms with Gasteiger partial charge in [0, 0.05) is 6.54 Å². The summed E-state index contributed by atoms with van der Waals surface area (Å²) < 4.78 is 7.80. The number of thioether (sulfide) groups is 1. The van der Waals surface area contributed by atoms with E-state index in [0.29, 0.717) is 28.1 Å². The normalized spacial score (nSPS) is 10.4. The van der Waals surface area contributed by atoms with Gasteiger partial charge >= 0.3 is 0 Å². The van der Waals surface area contributed by atoms with Crippen LogP contribution in [0.4, 0.5) is 5.00 Å². The topological polar surface area (TPSA) is 92.8 Å². The number of hydrogen-bond acceptors (Lipinski definition) is 7. The second-order valence-electron chi connectivity index (χ2n) is 6.47. The molecule has 7 nitrogen and oxygen atoms in total. The van der Waals surface area contributed by atoms with Crippen molar-refractivity contribution in [2.45, 2.75) is 32.2 Å². The minimum absolute atomic E-state index is 0.149. The molecule has 0 aliphatic heterocycles. The molecule has 1 aromatic carbocycles. The van der Waals surface area contributed by atoms with Crippen molar-refractivity contribution >= 4 is 34.0 Å². The lowest BCUT2D eigenvalue weighted by atomic mass is 10.1. The van der Waals surface area contributed by atoms with E-state index >= 15 is 0 Å². The van der Waals surface area contributed by atoms with Crippen molar-refractivity contribution in [2.24, 2.45) is 0 Å². The van der Waals surface area contributed by atoms with Gasteiger partial charge < -0.3 is 10.1 Å². The number of aryl methyl sites for hydroxylation is 2. The molecule has 2 aromatic heterocycles. The van der Waals surface area contributed by atoms with Crippen LogP contribution in [0.25, 0.3) is 0 Å². The number of benzene rings is 1. The predicted molar refractivity (Wildman–Crippen MR) is 119 cm³/mol. The summed E-state index contributed by atoms with van der Waals surface area (Å²) >= 11 is 2.59. The minimum Gasteiger partial charge on any atom is -0.485 e. The summed E-state index contributed by atoms with van der Waals surface area (Å²) in [6.07, 6.45) is 1.75. The molecular weight excluding hydrogens is 418 g/mol. The van der Waals surface area contributed by atoms with E-state index in [1.54, 1.807) is 17.5 Å². The number of hydrogen-bond donors (Lipinski definition) is 1. The molecule has 2 heterocycles. The molecule has 0 spiro atoms.